The summed E-state index contributed by atoms with van der Waals surface area (Å²) in [7, 11) is -3.05. The van der Waals surface area contributed by atoms with E-state index in [0.717, 1.165) is 0 Å². The maximum atomic E-state index is 14.7. The Bertz CT molecular complexity index is 1040. The number of sulfonamides is 1. The normalized spacial score (nSPS) is 14.0. The van der Waals surface area contributed by atoms with Gasteiger partial charge in [-0.15, -0.1) is 0 Å². The second-order valence-corrected chi connectivity index (χ2v) is 8.69. The predicted molar refractivity (Wildman–Crippen MR) is 100 cm³/mol. The van der Waals surface area contributed by atoms with Gasteiger partial charge in [0.1, 0.15) is 22.0 Å². The third-order valence-electron chi connectivity index (χ3n) is 4.19. The second-order valence-electron chi connectivity index (χ2n) is 6.12. The van der Waals surface area contributed by atoms with Gasteiger partial charge in [0.25, 0.3) is 15.9 Å². The fourth-order valence-corrected chi connectivity index (χ4v) is 4.37. The molecule has 1 aliphatic rings. The van der Waals surface area contributed by atoms with Crippen molar-refractivity contribution >= 4 is 37.5 Å². The van der Waals surface area contributed by atoms with Crippen molar-refractivity contribution in [2.45, 2.75) is 23.7 Å². The molecule has 0 saturated heterocycles. The van der Waals surface area contributed by atoms with E-state index in [0.29, 0.717) is 17.3 Å². The Hall–Kier alpha value is -2.33. The Labute approximate surface area is 163 Å². The number of anilines is 1. The summed E-state index contributed by atoms with van der Waals surface area (Å²) >= 11 is 3.12. The molecule has 7 nitrogen and oxygen atoms in total. The van der Waals surface area contributed by atoms with E-state index in [1.165, 1.54) is 31.3 Å². The van der Waals surface area contributed by atoms with Crippen LogP contribution in [0.1, 0.15) is 34.7 Å². The molecule has 1 amide bonds. The van der Waals surface area contributed by atoms with Crippen molar-refractivity contribution in [1.82, 2.24) is 5.32 Å². The standard InChI is InChI=1S/C17H16BrFN2O5S/c1-20-17(24)14-15(19)10(8-2-3-8)7-11(16(14)23)21-27(25,26)13-6-9(18)4-5-12(13)22/h4-8,21-23H,2-3H2,1H3,(H,20,24). The first kappa shape index (κ1) is 19.4. The van der Waals surface area contributed by atoms with Crippen LogP contribution in [0.15, 0.2) is 33.6 Å². The molecule has 4 N–H and O–H groups in total. The number of amides is 1. The summed E-state index contributed by atoms with van der Waals surface area (Å²) in [6.45, 7) is 0. The van der Waals surface area contributed by atoms with Gasteiger partial charge in [0.15, 0.2) is 5.75 Å². The number of carbonyl (C=O) groups excluding carboxylic acids is 1. The number of hydrogen-bond acceptors (Lipinski definition) is 5. The zero-order valence-electron chi connectivity index (χ0n) is 14.1. The van der Waals surface area contributed by atoms with Crippen LogP contribution in [0, 0.1) is 5.82 Å². The molecule has 10 heteroatoms. The molecule has 0 radical (unpaired) electrons. The minimum absolute atomic E-state index is 0.142. The quantitative estimate of drug-likeness (QED) is 0.513. The van der Waals surface area contributed by atoms with Gasteiger partial charge in [0, 0.05) is 11.5 Å². The average Bonchev–Trinajstić information content (AvgIpc) is 3.44. The molecule has 0 bridgehead atoms. The number of phenols is 2. The van der Waals surface area contributed by atoms with Crippen LogP contribution < -0.4 is 10.0 Å². The number of halogens is 2. The molecule has 0 aliphatic heterocycles. The fourth-order valence-electron chi connectivity index (χ4n) is 2.67. The van der Waals surface area contributed by atoms with E-state index in [9.17, 15) is 27.8 Å². The van der Waals surface area contributed by atoms with E-state index < -0.39 is 43.7 Å². The van der Waals surface area contributed by atoms with Gasteiger partial charge in [-0.1, -0.05) is 15.9 Å². The van der Waals surface area contributed by atoms with E-state index in [2.05, 4.69) is 26.0 Å². The maximum Gasteiger partial charge on any atom is 0.265 e. The first-order valence-corrected chi connectivity index (χ1v) is 10.2. The van der Waals surface area contributed by atoms with Crippen LogP contribution in [0.5, 0.6) is 11.5 Å². The van der Waals surface area contributed by atoms with Crippen molar-refractivity contribution < 1.29 is 27.8 Å². The molecule has 0 unspecified atom stereocenters. The van der Waals surface area contributed by atoms with Gasteiger partial charge >= 0.3 is 0 Å². The third kappa shape index (κ3) is 3.72. The van der Waals surface area contributed by atoms with Crippen molar-refractivity contribution in [1.29, 1.82) is 0 Å². The number of carbonyl (C=O) groups is 1. The summed E-state index contributed by atoms with van der Waals surface area (Å²) in [5, 5.41) is 22.4. The predicted octanol–water partition coefficient (Wildman–Crippen LogP) is 3.04. The Morgan fingerprint density at radius 2 is 1.93 bits per heavy atom. The number of nitrogens with one attached hydrogen (secondary N) is 2. The molecule has 1 fully saturated rings. The summed E-state index contributed by atoms with van der Waals surface area (Å²) in [5.74, 6) is -3.21. The van der Waals surface area contributed by atoms with Gasteiger partial charge in [-0.2, -0.15) is 0 Å². The molecule has 144 valence electrons. The van der Waals surface area contributed by atoms with E-state index in [1.807, 2.05) is 0 Å². The molecule has 3 rings (SSSR count). The maximum absolute atomic E-state index is 14.7. The Kier molecular flexibility index (Phi) is 5.04. The van der Waals surface area contributed by atoms with E-state index >= 15 is 0 Å². The van der Waals surface area contributed by atoms with Crippen molar-refractivity contribution in [3.8, 4) is 11.5 Å². The highest BCUT2D eigenvalue weighted by molar-refractivity contribution is 9.10. The Morgan fingerprint density at radius 3 is 2.52 bits per heavy atom. The van der Waals surface area contributed by atoms with Crippen molar-refractivity contribution in [2.24, 2.45) is 0 Å². The van der Waals surface area contributed by atoms with Gasteiger partial charge in [-0.3, -0.25) is 9.52 Å². The Balaban J connectivity index is 2.12. The van der Waals surface area contributed by atoms with Crippen LogP contribution in [0.3, 0.4) is 0 Å². The van der Waals surface area contributed by atoms with Crippen LogP contribution in [-0.2, 0) is 10.0 Å². The molecule has 2 aromatic carbocycles. The second kappa shape index (κ2) is 7.01. The zero-order valence-corrected chi connectivity index (χ0v) is 16.5. The largest absolute Gasteiger partial charge is 0.507 e. The summed E-state index contributed by atoms with van der Waals surface area (Å²) in [4.78, 5) is 11.6. The van der Waals surface area contributed by atoms with Crippen LogP contribution in [0.25, 0.3) is 0 Å². The van der Waals surface area contributed by atoms with Gasteiger partial charge in [0.2, 0.25) is 0 Å². The Morgan fingerprint density at radius 1 is 1.26 bits per heavy atom. The summed E-state index contributed by atoms with van der Waals surface area (Å²) in [5.41, 5.74) is -0.808. The first-order valence-electron chi connectivity index (χ1n) is 7.94. The third-order valence-corrected chi connectivity index (χ3v) is 6.08. The highest BCUT2D eigenvalue weighted by atomic mass is 79.9. The lowest BCUT2D eigenvalue weighted by atomic mass is 10.0. The highest BCUT2D eigenvalue weighted by Gasteiger charge is 2.33. The SMILES string of the molecule is CNC(=O)c1c(O)c(NS(=O)(=O)c2cc(Br)ccc2O)cc(C2CC2)c1F. The molecular weight excluding hydrogens is 443 g/mol. The number of aromatic hydroxyl groups is 2. The lowest BCUT2D eigenvalue weighted by Crippen LogP contribution is -2.21. The molecule has 2 aromatic rings. The number of phenolic OH excluding ortho intramolecular Hbond substituents is 2. The molecule has 1 aliphatic carbocycles. The molecule has 27 heavy (non-hydrogen) atoms. The first-order chi connectivity index (χ1) is 12.7. The minimum atomic E-state index is -4.32. The lowest BCUT2D eigenvalue weighted by molar-refractivity contribution is 0.0956. The smallest absolute Gasteiger partial charge is 0.265 e. The van der Waals surface area contributed by atoms with Crippen LogP contribution >= 0.6 is 15.9 Å². The number of rotatable bonds is 5. The van der Waals surface area contributed by atoms with Gasteiger partial charge in [-0.25, -0.2) is 12.8 Å². The van der Waals surface area contributed by atoms with Crippen molar-refractivity contribution in [3.63, 3.8) is 0 Å². The van der Waals surface area contributed by atoms with Gasteiger partial charge in [0.05, 0.1) is 5.69 Å². The molecule has 0 spiro atoms. The fraction of sp³-hybridized carbons (Fsp3) is 0.235. The monoisotopic (exact) mass is 458 g/mol. The van der Waals surface area contributed by atoms with E-state index in [1.54, 1.807) is 0 Å². The van der Waals surface area contributed by atoms with Crippen LogP contribution in [0.2, 0.25) is 0 Å². The van der Waals surface area contributed by atoms with Crippen molar-refractivity contribution in [2.75, 3.05) is 11.8 Å². The van der Waals surface area contributed by atoms with E-state index in [-0.39, 0.29) is 17.2 Å². The molecule has 0 heterocycles. The van der Waals surface area contributed by atoms with Gasteiger partial charge in [-0.05, 0) is 48.6 Å². The molecule has 1 saturated carbocycles. The topological polar surface area (TPSA) is 116 Å². The van der Waals surface area contributed by atoms with Crippen LogP contribution in [0.4, 0.5) is 10.1 Å². The van der Waals surface area contributed by atoms with Gasteiger partial charge < -0.3 is 15.5 Å². The molecule has 0 atom stereocenters. The minimum Gasteiger partial charge on any atom is -0.507 e. The average molecular weight is 459 g/mol. The van der Waals surface area contributed by atoms with Crippen molar-refractivity contribution in [3.05, 3.63) is 45.7 Å². The summed E-state index contributed by atoms with van der Waals surface area (Å²) in [6, 6.07) is 5.01. The zero-order chi connectivity index (χ0) is 19.9. The lowest BCUT2D eigenvalue weighted by Gasteiger charge is -2.16. The highest BCUT2D eigenvalue weighted by Crippen LogP contribution is 2.46. The van der Waals surface area contributed by atoms with Crippen LogP contribution in [-0.4, -0.2) is 31.6 Å². The molecular formula is C17H16BrFN2O5S. The summed E-state index contributed by atoms with van der Waals surface area (Å²) in [6.07, 6.45) is 1.40. The van der Waals surface area contributed by atoms with E-state index in [4.69, 9.17) is 0 Å². The summed E-state index contributed by atoms with van der Waals surface area (Å²) < 4.78 is 42.5. The number of benzene rings is 2. The number of hydrogen-bond donors (Lipinski definition) is 4. The molecule has 0 aromatic heterocycles.